The molecule has 0 N–H and O–H groups in total. The van der Waals surface area contributed by atoms with Crippen LogP contribution in [0.3, 0.4) is 0 Å². The average Bonchev–Trinajstić information content (AvgIpc) is 3.46. The van der Waals surface area contributed by atoms with E-state index < -0.39 is 0 Å². The Hall–Kier alpha value is -3.32. The summed E-state index contributed by atoms with van der Waals surface area (Å²) in [5, 5.41) is 3.93. The molecule has 0 bridgehead atoms. The predicted octanol–water partition coefficient (Wildman–Crippen LogP) is 5.00. The number of hydrogen-bond acceptors (Lipinski definition) is 5. The molecule has 164 valence electrons. The Balaban J connectivity index is 1.42. The van der Waals surface area contributed by atoms with E-state index in [0.717, 1.165) is 35.0 Å². The van der Waals surface area contributed by atoms with Gasteiger partial charge in [0.2, 0.25) is 0 Å². The van der Waals surface area contributed by atoms with Crippen LogP contribution in [0.1, 0.15) is 28.5 Å². The normalized spacial score (nSPS) is 13.3. The van der Waals surface area contributed by atoms with E-state index in [1.807, 2.05) is 34.5 Å². The summed E-state index contributed by atoms with van der Waals surface area (Å²) in [6, 6.07) is 14.5. The molecule has 3 heterocycles. The second-order valence-electron chi connectivity index (χ2n) is 7.82. The molecule has 1 aliphatic heterocycles. The fraction of sp³-hybridized carbons (Fsp3) is 0.280. The minimum Gasteiger partial charge on any atom is -0.493 e. The van der Waals surface area contributed by atoms with Crippen molar-refractivity contribution in [2.75, 3.05) is 20.8 Å². The smallest absolute Gasteiger partial charge is 0.273 e. The first-order valence-corrected chi connectivity index (χ1v) is 11.6. The van der Waals surface area contributed by atoms with Crippen LogP contribution in [-0.2, 0) is 19.5 Å². The third kappa shape index (κ3) is 3.42. The van der Waals surface area contributed by atoms with Crippen molar-refractivity contribution in [3.8, 4) is 22.2 Å². The maximum atomic E-state index is 13.3. The highest BCUT2D eigenvalue weighted by Gasteiger charge is 2.26. The quantitative estimate of drug-likeness (QED) is 0.432. The van der Waals surface area contributed by atoms with Crippen LogP contribution in [0, 0.1) is 0 Å². The first-order valence-electron chi connectivity index (χ1n) is 10.7. The lowest BCUT2D eigenvalue weighted by Crippen LogP contribution is -2.36. The number of methoxy groups -OCH3 is 2. The van der Waals surface area contributed by atoms with Crippen LogP contribution in [0.15, 0.2) is 47.8 Å². The number of benzene rings is 2. The average molecular weight is 448 g/mol. The molecule has 1 aliphatic rings. The van der Waals surface area contributed by atoms with Gasteiger partial charge < -0.3 is 18.9 Å². The summed E-state index contributed by atoms with van der Waals surface area (Å²) in [6.45, 7) is 4.17. The number of nitrogens with zero attached hydrogens (tertiary/aromatic N) is 3. The summed E-state index contributed by atoms with van der Waals surface area (Å²) in [5.74, 6) is 1.37. The van der Waals surface area contributed by atoms with Gasteiger partial charge in [-0.3, -0.25) is 4.79 Å². The highest BCUT2D eigenvalue weighted by molar-refractivity contribution is 7.13. The SMILES string of the molecule is CCn1c(-c2nc(C(=O)N3CCc4cc(OC)c(OC)cc4C3)cs2)cc2ccccc21. The Kier molecular flexibility index (Phi) is 5.35. The van der Waals surface area contributed by atoms with Gasteiger partial charge in [0.15, 0.2) is 11.5 Å². The zero-order chi connectivity index (χ0) is 22.2. The Morgan fingerprint density at radius 2 is 1.84 bits per heavy atom. The Labute approximate surface area is 191 Å². The molecule has 7 heteroatoms. The van der Waals surface area contributed by atoms with Crippen LogP contribution < -0.4 is 9.47 Å². The fourth-order valence-corrected chi connectivity index (χ4v) is 5.25. The molecule has 32 heavy (non-hydrogen) atoms. The number of carbonyl (C=O) groups is 1. The highest BCUT2D eigenvalue weighted by Crippen LogP contribution is 2.34. The van der Waals surface area contributed by atoms with E-state index in [4.69, 9.17) is 14.5 Å². The lowest BCUT2D eigenvalue weighted by Gasteiger charge is -2.29. The van der Waals surface area contributed by atoms with E-state index in [2.05, 4.69) is 29.7 Å². The summed E-state index contributed by atoms with van der Waals surface area (Å²) < 4.78 is 13.1. The topological polar surface area (TPSA) is 56.6 Å². The van der Waals surface area contributed by atoms with Gasteiger partial charge in [-0.25, -0.2) is 4.98 Å². The van der Waals surface area contributed by atoms with Crippen molar-refractivity contribution in [2.45, 2.75) is 26.4 Å². The van der Waals surface area contributed by atoms with Gasteiger partial charge in [0, 0.05) is 35.9 Å². The largest absolute Gasteiger partial charge is 0.493 e. The molecule has 0 unspecified atom stereocenters. The molecule has 2 aromatic carbocycles. The van der Waals surface area contributed by atoms with Gasteiger partial charge in [-0.05, 0) is 48.7 Å². The molecule has 0 aliphatic carbocycles. The van der Waals surface area contributed by atoms with Gasteiger partial charge in [0.25, 0.3) is 5.91 Å². The monoisotopic (exact) mass is 447 g/mol. The second kappa shape index (κ2) is 8.31. The number of aromatic nitrogens is 2. The van der Waals surface area contributed by atoms with E-state index in [9.17, 15) is 4.79 Å². The number of para-hydroxylation sites is 1. The number of amides is 1. The van der Waals surface area contributed by atoms with Crippen LogP contribution in [0.25, 0.3) is 21.6 Å². The molecule has 4 aromatic rings. The molecule has 0 fully saturated rings. The van der Waals surface area contributed by atoms with E-state index >= 15 is 0 Å². The number of thiazole rings is 1. The van der Waals surface area contributed by atoms with Gasteiger partial charge in [-0.2, -0.15) is 0 Å². The fourth-order valence-electron chi connectivity index (χ4n) is 4.44. The molecule has 0 atom stereocenters. The second-order valence-corrected chi connectivity index (χ2v) is 8.68. The lowest BCUT2D eigenvalue weighted by molar-refractivity contribution is 0.0729. The molecule has 0 saturated carbocycles. The van der Waals surface area contributed by atoms with Crippen LogP contribution >= 0.6 is 11.3 Å². The molecule has 2 aromatic heterocycles. The Bertz CT molecular complexity index is 1310. The molecule has 0 spiro atoms. The molecule has 6 nitrogen and oxygen atoms in total. The minimum atomic E-state index is -0.0351. The van der Waals surface area contributed by atoms with E-state index in [0.29, 0.717) is 24.5 Å². The summed E-state index contributed by atoms with van der Waals surface area (Å²) in [5.41, 5.74) is 5.02. The molecule has 5 rings (SSSR count). The summed E-state index contributed by atoms with van der Waals surface area (Å²) in [7, 11) is 3.27. The van der Waals surface area contributed by atoms with Crippen molar-refractivity contribution < 1.29 is 14.3 Å². The predicted molar refractivity (Wildman–Crippen MR) is 127 cm³/mol. The molecule has 0 radical (unpaired) electrons. The van der Waals surface area contributed by atoms with Crippen molar-refractivity contribution >= 4 is 28.1 Å². The van der Waals surface area contributed by atoms with E-state index in [1.54, 1.807) is 14.2 Å². The van der Waals surface area contributed by atoms with Crippen molar-refractivity contribution in [3.63, 3.8) is 0 Å². The van der Waals surface area contributed by atoms with Gasteiger partial charge >= 0.3 is 0 Å². The van der Waals surface area contributed by atoms with Gasteiger partial charge in [0.05, 0.1) is 19.9 Å². The molecular formula is C25H25N3O3S. The third-order valence-corrected chi connectivity index (χ3v) is 6.94. The van der Waals surface area contributed by atoms with Gasteiger partial charge in [-0.15, -0.1) is 11.3 Å². The number of aryl methyl sites for hydroxylation is 1. The third-order valence-electron chi connectivity index (χ3n) is 6.07. The number of fused-ring (bicyclic) bond motifs is 2. The highest BCUT2D eigenvalue weighted by atomic mass is 32.1. The standard InChI is InChI=1S/C25H25N3O3S/c1-4-28-20-8-6-5-7-17(20)11-21(28)24-26-19(15-32-24)25(29)27-10-9-16-12-22(30-2)23(31-3)13-18(16)14-27/h5-8,11-13,15H,4,9-10,14H2,1-3H3. The number of carbonyl (C=O) groups excluding carboxylic acids is 1. The van der Waals surface area contributed by atoms with Crippen LogP contribution in [-0.4, -0.2) is 41.1 Å². The number of ether oxygens (including phenoxy) is 2. The first kappa shape index (κ1) is 20.6. The Morgan fingerprint density at radius 3 is 2.59 bits per heavy atom. The number of hydrogen-bond donors (Lipinski definition) is 0. The minimum absolute atomic E-state index is 0.0351. The van der Waals surface area contributed by atoms with Crippen molar-refractivity contribution in [1.29, 1.82) is 0 Å². The molecule has 1 amide bonds. The summed E-state index contributed by atoms with van der Waals surface area (Å²) in [6.07, 6.45) is 0.780. The van der Waals surface area contributed by atoms with Gasteiger partial charge in [-0.1, -0.05) is 18.2 Å². The summed E-state index contributed by atoms with van der Waals surface area (Å²) >= 11 is 1.52. The van der Waals surface area contributed by atoms with Crippen molar-refractivity contribution in [1.82, 2.24) is 14.5 Å². The zero-order valence-electron chi connectivity index (χ0n) is 18.4. The zero-order valence-corrected chi connectivity index (χ0v) is 19.2. The van der Waals surface area contributed by atoms with Gasteiger partial charge in [0.1, 0.15) is 10.7 Å². The molecule has 0 saturated heterocycles. The Morgan fingerprint density at radius 1 is 1.09 bits per heavy atom. The molecular weight excluding hydrogens is 422 g/mol. The van der Waals surface area contributed by atoms with E-state index in [1.165, 1.54) is 27.8 Å². The lowest BCUT2D eigenvalue weighted by atomic mass is 9.98. The van der Waals surface area contributed by atoms with Crippen LogP contribution in [0.5, 0.6) is 11.5 Å². The maximum absolute atomic E-state index is 13.3. The number of rotatable bonds is 5. The summed E-state index contributed by atoms with van der Waals surface area (Å²) in [4.78, 5) is 19.9. The van der Waals surface area contributed by atoms with Crippen LogP contribution in [0.2, 0.25) is 0 Å². The van der Waals surface area contributed by atoms with Crippen LogP contribution in [0.4, 0.5) is 0 Å². The maximum Gasteiger partial charge on any atom is 0.273 e. The van der Waals surface area contributed by atoms with E-state index in [-0.39, 0.29) is 5.91 Å². The van der Waals surface area contributed by atoms with Crippen molar-refractivity contribution in [3.05, 3.63) is 64.7 Å². The first-order chi connectivity index (χ1) is 15.6. The van der Waals surface area contributed by atoms with Crippen molar-refractivity contribution in [2.24, 2.45) is 0 Å².